The van der Waals surface area contributed by atoms with Crippen LogP contribution >= 0.6 is 35.0 Å². The Hall–Kier alpha value is -3.00. The van der Waals surface area contributed by atoms with E-state index in [4.69, 9.17) is 23.2 Å². The third-order valence-electron chi connectivity index (χ3n) is 4.47. The minimum Gasteiger partial charge on any atom is -0.378 e. The molecule has 4 aromatic rings. The zero-order valence-corrected chi connectivity index (χ0v) is 19.2. The smallest absolute Gasteiger partial charge is 0.234 e. The molecular weight excluding hydrogens is 465 g/mol. The summed E-state index contributed by atoms with van der Waals surface area (Å²) in [5.74, 6) is 0.701. The van der Waals surface area contributed by atoms with Crippen molar-refractivity contribution in [2.45, 2.75) is 11.7 Å². The summed E-state index contributed by atoms with van der Waals surface area (Å²) < 4.78 is 1.94. The number of nitrogens with zero attached hydrogens (tertiary/aromatic N) is 3. The molecule has 32 heavy (non-hydrogen) atoms. The zero-order chi connectivity index (χ0) is 22.3. The van der Waals surface area contributed by atoms with E-state index in [1.54, 1.807) is 12.1 Å². The van der Waals surface area contributed by atoms with Crippen molar-refractivity contribution >= 4 is 52.2 Å². The number of para-hydroxylation sites is 2. The van der Waals surface area contributed by atoms with Crippen LogP contribution in [0.3, 0.4) is 0 Å². The van der Waals surface area contributed by atoms with Crippen molar-refractivity contribution in [2.75, 3.05) is 16.4 Å². The molecular formula is C23H19Cl2N5OS. The monoisotopic (exact) mass is 483 g/mol. The standard InChI is InChI=1S/C23H19Cl2N5OS/c24-16-7-6-8-17(13-16)26-14-21-28-29-23(30(21)18-9-2-1-3-10-18)32-15-22(31)27-20-12-5-4-11-19(20)25/h1-13,26H,14-15H2,(H,27,31). The minimum absolute atomic E-state index is 0.165. The molecule has 162 valence electrons. The summed E-state index contributed by atoms with van der Waals surface area (Å²) in [6.07, 6.45) is 0. The van der Waals surface area contributed by atoms with Crippen LogP contribution in [0.15, 0.2) is 84.0 Å². The summed E-state index contributed by atoms with van der Waals surface area (Å²) >= 11 is 13.5. The Balaban J connectivity index is 1.50. The zero-order valence-electron chi connectivity index (χ0n) is 16.8. The van der Waals surface area contributed by atoms with Crippen LogP contribution in [-0.2, 0) is 11.3 Å². The number of carbonyl (C=O) groups is 1. The third-order valence-corrected chi connectivity index (χ3v) is 5.96. The summed E-state index contributed by atoms with van der Waals surface area (Å²) in [6.45, 7) is 0.439. The number of benzene rings is 3. The number of rotatable bonds is 8. The number of aromatic nitrogens is 3. The first-order valence-corrected chi connectivity index (χ1v) is 11.5. The van der Waals surface area contributed by atoms with Crippen LogP contribution in [0.4, 0.5) is 11.4 Å². The molecule has 4 rings (SSSR count). The number of amides is 1. The van der Waals surface area contributed by atoms with E-state index in [9.17, 15) is 4.79 Å². The van der Waals surface area contributed by atoms with Crippen molar-refractivity contribution in [2.24, 2.45) is 0 Å². The molecule has 0 atom stereocenters. The highest BCUT2D eigenvalue weighted by atomic mass is 35.5. The SMILES string of the molecule is O=C(CSc1nnc(CNc2cccc(Cl)c2)n1-c1ccccc1)Nc1ccccc1Cl. The summed E-state index contributed by atoms with van der Waals surface area (Å²) in [5, 5.41) is 16.6. The molecule has 0 radical (unpaired) electrons. The van der Waals surface area contributed by atoms with Crippen LogP contribution < -0.4 is 10.6 Å². The average molecular weight is 484 g/mol. The Labute approximate surface area is 200 Å². The van der Waals surface area contributed by atoms with Crippen molar-refractivity contribution in [3.05, 3.63) is 94.7 Å². The Morgan fingerprint density at radius 2 is 1.72 bits per heavy atom. The first-order valence-electron chi connectivity index (χ1n) is 9.76. The van der Waals surface area contributed by atoms with Crippen LogP contribution in [-0.4, -0.2) is 26.4 Å². The van der Waals surface area contributed by atoms with E-state index in [0.29, 0.717) is 33.3 Å². The molecule has 0 fully saturated rings. The van der Waals surface area contributed by atoms with Gasteiger partial charge < -0.3 is 10.6 Å². The van der Waals surface area contributed by atoms with Crippen LogP contribution in [0.2, 0.25) is 10.0 Å². The van der Waals surface area contributed by atoms with E-state index < -0.39 is 0 Å². The first-order chi connectivity index (χ1) is 15.6. The van der Waals surface area contributed by atoms with Crippen molar-refractivity contribution in [3.63, 3.8) is 0 Å². The molecule has 0 unspecified atom stereocenters. The van der Waals surface area contributed by atoms with Crippen molar-refractivity contribution in [1.29, 1.82) is 0 Å². The maximum atomic E-state index is 12.5. The van der Waals surface area contributed by atoms with Crippen molar-refractivity contribution < 1.29 is 4.79 Å². The highest BCUT2D eigenvalue weighted by Gasteiger charge is 2.16. The van der Waals surface area contributed by atoms with E-state index in [1.807, 2.05) is 71.3 Å². The quantitative estimate of drug-likeness (QED) is 0.304. The van der Waals surface area contributed by atoms with Crippen LogP contribution in [0.1, 0.15) is 5.82 Å². The Morgan fingerprint density at radius 1 is 0.938 bits per heavy atom. The molecule has 0 bridgehead atoms. The second kappa shape index (κ2) is 10.5. The molecule has 0 aliphatic carbocycles. The van der Waals surface area contributed by atoms with Gasteiger partial charge in [0.15, 0.2) is 11.0 Å². The van der Waals surface area contributed by atoms with Crippen molar-refractivity contribution in [1.82, 2.24) is 14.8 Å². The highest BCUT2D eigenvalue weighted by Crippen LogP contribution is 2.25. The lowest BCUT2D eigenvalue weighted by molar-refractivity contribution is -0.113. The molecule has 3 aromatic carbocycles. The van der Waals surface area contributed by atoms with Gasteiger partial charge in [0.1, 0.15) is 0 Å². The molecule has 6 nitrogen and oxygen atoms in total. The van der Waals surface area contributed by atoms with Gasteiger partial charge in [0, 0.05) is 16.4 Å². The van der Waals surface area contributed by atoms with Gasteiger partial charge in [0.05, 0.1) is 23.0 Å². The normalized spacial score (nSPS) is 10.7. The van der Waals surface area contributed by atoms with Gasteiger partial charge in [-0.1, -0.05) is 71.4 Å². The predicted octanol–water partition coefficient (Wildman–Crippen LogP) is 5.92. The van der Waals surface area contributed by atoms with Gasteiger partial charge in [0.2, 0.25) is 5.91 Å². The van der Waals surface area contributed by atoms with E-state index in [2.05, 4.69) is 20.8 Å². The fourth-order valence-electron chi connectivity index (χ4n) is 3.00. The number of anilines is 2. The lowest BCUT2D eigenvalue weighted by atomic mass is 10.3. The summed E-state index contributed by atoms with van der Waals surface area (Å²) in [4.78, 5) is 12.5. The molecule has 0 aliphatic rings. The van der Waals surface area contributed by atoms with Gasteiger partial charge in [-0.2, -0.15) is 0 Å². The summed E-state index contributed by atoms with van der Waals surface area (Å²) in [7, 11) is 0. The fraction of sp³-hybridized carbons (Fsp3) is 0.0870. The van der Waals surface area contributed by atoms with Crippen molar-refractivity contribution in [3.8, 4) is 5.69 Å². The van der Waals surface area contributed by atoms with Gasteiger partial charge >= 0.3 is 0 Å². The Bertz CT molecular complexity index is 1220. The highest BCUT2D eigenvalue weighted by molar-refractivity contribution is 7.99. The molecule has 1 amide bonds. The van der Waals surface area contributed by atoms with Crippen LogP contribution in [0, 0.1) is 0 Å². The number of carbonyl (C=O) groups excluding carboxylic acids is 1. The van der Waals surface area contributed by atoms with Gasteiger partial charge in [0.25, 0.3) is 0 Å². The molecule has 9 heteroatoms. The van der Waals surface area contributed by atoms with Gasteiger partial charge in [-0.05, 0) is 42.5 Å². The van der Waals surface area contributed by atoms with Gasteiger partial charge in [-0.3, -0.25) is 9.36 Å². The molecule has 0 spiro atoms. The lowest BCUT2D eigenvalue weighted by Gasteiger charge is -2.12. The molecule has 1 aromatic heterocycles. The number of thioether (sulfide) groups is 1. The first kappa shape index (κ1) is 22.2. The molecule has 2 N–H and O–H groups in total. The van der Waals surface area contributed by atoms with E-state index in [-0.39, 0.29) is 11.7 Å². The maximum absolute atomic E-state index is 12.5. The van der Waals surface area contributed by atoms with Gasteiger partial charge in [-0.15, -0.1) is 10.2 Å². The van der Waals surface area contributed by atoms with E-state index in [1.165, 1.54) is 11.8 Å². The largest absolute Gasteiger partial charge is 0.378 e. The van der Waals surface area contributed by atoms with E-state index in [0.717, 1.165) is 11.4 Å². The summed E-state index contributed by atoms with van der Waals surface area (Å²) in [5.41, 5.74) is 2.37. The Kier molecular flexibility index (Phi) is 7.32. The average Bonchev–Trinajstić information content (AvgIpc) is 3.21. The second-order valence-electron chi connectivity index (χ2n) is 6.75. The topological polar surface area (TPSA) is 71.8 Å². The Morgan fingerprint density at radius 3 is 2.50 bits per heavy atom. The predicted molar refractivity (Wildman–Crippen MR) is 131 cm³/mol. The fourth-order valence-corrected chi connectivity index (χ4v) is 4.15. The minimum atomic E-state index is -0.177. The molecule has 0 saturated heterocycles. The number of halogens is 2. The lowest BCUT2D eigenvalue weighted by Crippen LogP contribution is -2.15. The number of hydrogen-bond acceptors (Lipinski definition) is 5. The van der Waals surface area contributed by atoms with Crippen LogP contribution in [0.25, 0.3) is 5.69 Å². The molecule has 0 saturated carbocycles. The summed E-state index contributed by atoms with van der Waals surface area (Å²) in [6, 6.07) is 24.4. The molecule has 0 aliphatic heterocycles. The van der Waals surface area contributed by atoms with E-state index >= 15 is 0 Å². The third kappa shape index (κ3) is 5.62. The number of nitrogens with one attached hydrogen (secondary N) is 2. The molecule has 1 heterocycles. The van der Waals surface area contributed by atoms with Gasteiger partial charge in [-0.25, -0.2) is 0 Å². The maximum Gasteiger partial charge on any atom is 0.234 e. The second-order valence-corrected chi connectivity index (χ2v) is 8.54. The number of hydrogen-bond donors (Lipinski definition) is 2. The van der Waals surface area contributed by atoms with Crippen LogP contribution in [0.5, 0.6) is 0 Å².